The number of carbonyl (C=O) groups excluding carboxylic acids is 2. The molecule has 1 aliphatic rings. The molecule has 0 aromatic carbocycles. The third-order valence-corrected chi connectivity index (χ3v) is 7.72. The average Bonchev–Trinajstić information content (AvgIpc) is 3.18. The Hall–Kier alpha value is -1.41. The zero-order chi connectivity index (χ0) is 21.1. The van der Waals surface area contributed by atoms with Crippen molar-refractivity contribution >= 4 is 58.3 Å². The number of hydrogen-bond donors (Lipinski definition) is 2. The highest BCUT2D eigenvalue weighted by molar-refractivity contribution is 7.10. The Labute approximate surface area is 193 Å². The summed E-state index contributed by atoms with van der Waals surface area (Å²) in [5, 5.41) is 10.4. The number of carbonyl (C=O) groups is 2. The van der Waals surface area contributed by atoms with Gasteiger partial charge in [-0.05, 0) is 81.8 Å². The Balaban J connectivity index is 0.00000320. The van der Waals surface area contributed by atoms with E-state index in [4.69, 9.17) is 0 Å². The maximum Gasteiger partial charge on any atom is 0.241 e. The monoisotopic (exact) mass is 469 g/mol. The molecule has 166 valence electrons. The maximum absolute atomic E-state index is 13.2. The number of anilines is 2. The fraction of sp³-hybridized carbons (Fsp3) is 0.545. The lowest BCUT2D eigenvalue weighted by Gasteiger charge is -2.40. The number of piperidine rings is 1. The fourth-order valence-electron chi connectivity index (χ4n) is 4.12. The van der Waals surface area contributed by atoms with Gasteiger partial charge in [-0.2, -0.15) is 0 Å². The second kappa shape index (κ2) is 10.8. The van der Waals surface area contributed by atoms with E-state index < -0.39 is 0 Å². The predicted octanol–water partition coefficient (Wildman–Crippen LogP) is 5.68. The first kappa shape index (κ1) is 24.9. The largest absolute Gasteiger partial charge is 0.323 e. The standard InChI is InChI=1S/C22H31N3O2S2.ClH/c1-6-10-25-17(21(26)23-19-13(2)11-28-15(19)4)8-7-9-18(25)22(27)24-20-14(3)12-29-16(20)5;/h11-12,17-18H,6-10H2,1-5H3,(H,23,26)(H,24,27);1H/t17-,18+;. The molecule has 1 saturated heterocycles. The summed E-state index contributed by atoms with van der Waals surface area (Å²) >= 11 is 3.30. The number of halogens is 1. The molecular weight excluding hydrogens is 438 g/mol. The Morgan fingerprint density at radius 1 is 0.933 bits per heavy atom. The molecule has 1 fully saturated rings. The summed E-state index contributed by atoms with van der Waals surface area (Å²) in [6, 6.07) is -0.550. The second-order valence-corrected chi connectivity index (χ2v) is 10.0. The van der Waals surface area contributed by atoms with Crippen molar-refractivity contribution in [2.24, 2.45) is 0 Å². The molecule has 0 aliphatic carbocycles. The zero-order valence-corrected chi connectivity index (χ0v) is 20.8. The van der Waals surface area contributed by atoms with Gasteiger partial charge < -0.3 is 10.6 Å². The van der Waals surface area contributed by atoms with Gasteiger partial charge in [0.05, 0.1) is 23.5 Å². The molecule has 2 aromatic heterocycles. The van der Waals surface area contributed by atoms with Crippen molar-refractivity contribution in [3.63, 3.8) is 0 Å². The number of nitrogens with zero attached hydrogens (tertiary/aromatic N) is 1. The number of aryl methyl sites for hydroxylation is 4. The van der Waals surface area contributed by atoms with Crippen LogP contribution in [-0.4, -0.2) is 35.3 Å². The lowest BCUT2D eigenvalue weighted by Crippen LogP contribution is -2.56. The van der Waals surface area contributed by atoms with E-state index >= 15 is 0 Å². The van der Waals surface area contributed by atoms with E-state index in [0.717, 1.165) is 64.5 Å². The highest BCUT2D eigenvalue weighted by atomic mass is 35.5. The predicted molar refractivity (Wildman–Crippen MR) is 131 cm³/mol. The van der Waals surface area contributed by atoms with Crippen LogP contribution >= 0.6 is 35.1 Å². The van der Waals surface area contributed by atoms with Gasteiger partial charge in [-0.1, -0.05) is 6.92 Å². The summed E-state index contributed by atoms with van der Waals surface area (Å²) in [4.78, 5) is 30.7. The van der Waals surface area contributed by atoms with Gasteiger partial charge in [0.2, 0.25) is 11.8 Å². The topological polar surface area (TPSA) is 61.4 Å². The molecule has 2 N–H and O–H groups in total. The highest BCUT2D eigenvalue weighted by Gasteiger charge is 2.38. The van der Waals surface area contributed by atoms with Gasteiger partial charge in [0.15, 0.2) is 0 Å². The Bertz CT molecular complexity index is 786. The minimum absolute atomic E-state index is 0. The first-order valence-corrected chi connectivity index (χ1v) is 12.1. The number of rotatable bonds is 6. The molecule has 2 atom stereocenters. The first-order valence-electron chi connectivity index (χ1n) is 10.3. The number of amides is 2. The van der Waals surface area contributed by atoms with Crippen molar-refractivity contribution in [1.29, 1.82) is 0 Å². The lowest BCUT2D eigenvalue weighted by molar-refractivity contribution is -0.129. The number of thiophene rings is 2. The van der Waals surface area contributed by atoms with Gasteiger partial charge in [0.1, 0.15) is 0 Å². The van der Waals surface area contributed by atoms with E-state index in [0.29, 0.717) is 0 Å². The van der Waals surface area contributed by atoms with Crippen LogP contribution in [0.15, 0.2) is 10.8 Å². The Kier molecular flexibility index (Phi) is 8.91. The number of nitrogens with one attached hydrogen (secondary N) is 2. The van der Waals surface area contributed by atoms with E-state index in [9.17, 15) is 9.59 Å². The minimum Gasteiger partial charge on any atom is -0.323 e. The molecule has 2 amide bonds. The van der Waals surface area contributed by atoms with Crippen LogP contribution in [0.3, 0.4) is 0 Å². The summed E-state index contributed by atoms with van der Waals surface area (Å²) in [5.41, 5.74) is 4.04. The SMILES string of the molecule is CCCN1[C@@H](C(=O)Nc2c(C)csc2C)CCC[C@H]1C(=O)Nc1c(C)csc1C.Cl. The zero-order valence-electron chi connectivity index (χ0n) is 18.3. The van der Waals surface area contributed by atoms with Crippen LogP contribution in [0.2, 0.25) is 0 Å². The maximum atomic E-state index is 13.2. The summed E-state index contributed by atoms with van der Waals surface area (Å²) < 4.78 is 0. The third kappa shape index (κ3) is 5.25. The molecule has 0 spiro atoms. The first-order chi connectivity index (χ1) is 13.8. The van der Waals surface area contributed by atoms with Crippen LogP contribution in [-0.2, 0) is 9.59 Å². The van der Waals surface area contributed by atoms with Gasteiger partial charge in [-0.3, -0.25) is 14.5 Å². The molecule has 0 bridgehead atoms. The quantitative estimate of drug-likeness (QED) is 0.572. The molecule has 3 rings (SSSR count). The molecule has 0 saturated carbocycles. The van der Waals surface area contributed by atoms with Crippen LogP contribution in [0.4, 0.5) is 11.4 Å². The van der Waals surface area contributed by atoms with Crippen molar-refractivity contribution in [1.82, 2.24) is 4.90 Å². The fourth-order valence-corrected chi connectivity index (χ4v) is 5.72. The van der Waals surface area contributed by atoms with Crippen LogP contribution < -0.4 is 10.6 Å². The Morgan fingerprint density at radius 3 is 1.70 bits per heavy atom. The summed E-state index contributed by atoms with van der Waals surface area (Å²) in [6.45, 7) is 10.9. The van der Waals surface area contributed by atoms with Crippen molar-refractivity contribution in [3.8, 4) is 0 Å². The summed E-state index contributed by atoms with van der Waals surface area (Å²) in [7, 11) is 0. The molecule has 0 radical (unpaired) electrons. The molecular formula is C22H32ClN3O2S2. The van der Waals surface area contributed by atoms with E-state index in [2.05, 4.69) is 33.2 Å². The normalized spacial score (nSPS) is 19.2. The van der Waals surface area contributed by atoms with Crippen molar-refractivity contribution in [3.05, 3.63) is 31.6 Å². The third-order valence-electron chi connectivity index (χ3n) is 5.66. The highest BCUT2D eigenvalue weighted by Crippen LogP contribution is 2.31. The van der Waals surface area contributed by atoms with Crippen LogP contribution in [0.25, 0.3) is 0 Å². The molecule has 2 aromatic rings. The molecule has 30 heavy (non-hydrogen) atoms. The van der Waals surface area contributed by atoms with Crippen LogP contribution in [0.1, 0.15) is 53.5 Å². The molecule has 0 unspecified atom stereocenters. The van der Waals surface area contributed by atoms with Gasteiger partial charge in [-0.25, -0.2) is 0 Å². The van der Waals surface area contributed by atoms with E-state index in [1.807, 2.05) is 27.7 Å². The van der Waals surface area contributed by atoms with Gasteiger partial charge in [-0.15, -0.1) is 35.1 Å². The van der Waals surface area contributed by atoms with Gasteiger partial charge >= 0.3 is 0 Å². The smallest absolute Gasteiger partial charge is 0.241 e. The average molecular weight is 470 g/mol. The molecule has 5 nitrogen and oxygen atoms in total. The Morgan fingerprint density at radius 2 is 1.37 bits per heavy atom. The van der Waals surface area contributed by atoms with E-state index in [-0.39, 0.29) is 36.3 Å². The van der Waals surface area contributed by atoms with Crippen molar-refractivity contribution in [2.45, 2.75) is 72.4 Å². The second-order valence-electron chi connectivity index (χ2n) is 7.88. The lowest BCUT2D eigenvalue weighted by atomic mass is 9.93. The van der Waals surface area contributed by atoms with E-state index in [1.165, 1.54) is 0 Å². The number of hydrogen-bond acceptors (Lipinski definition) is 5. The molecule has 1 aliphatic heterocycles. The minimum atomic E-state index is -0.275. The van der Waals surface area contributed by atoms with Gasteiger partial charge in [0, 0.05) is 9.75 Å². The van der Waals surface area contributed by atoms with Crippen molar-refractivity contribution in [2.75, 3.05) is 17.2 Å². The van der Waals surface area contributed by atoms with Crippen LogP contribution in [0, 0.1) is 27.7 Å². The number of likely N-dealkylation sites (tertiary alicyclic amines) is 1. The van der Waals surface area contributed by atoms with E-state index in [1.54, 1.807) is 22.7 Å². The van der Waals surface area contributed by atoms with Crippen LogP contribution in [0.5, 0.6) is 0 Å². The summed E-state index contributed by atoms with van der Waals surface area (Å²) in [6.07, 6.45) is 3.35. The van der Waals surface area contributed by atoms with Gasteiger partial charge in [0.25, 0.3) is 0 Å². The summed E-state index contributed by atoms with van der Waals surface area (Å²) in [5.74, 6) is 0.00638. The molecule has 8 heteroatoms. The van der Waals surface area contributed by atoms with Crippen molar-refractivity contribution < 1.29 is 9.59 Å². The molecule has 3 heterocycles.